The summed E-state index contributed by atoms with van der Waals surface area (Å²) >= 11 is 2.20. The molecule has 0 aliphatic heterocycles. The molecule has 0 amide bonds. The van der Waals surface area contributed by atoms with E-state index in [9.17, 15) is 4.79 Å². The number of hydrogen-bond donors (Lipinski definition) is 0. The topological polar surface area (TPSA) is 44.8 Å². The van der Waals surface area contributed by atoms with Gasteiger partial charge >= 0.3 is 5.97 Å². The summed E-state index contributed by atoms with van der Waals surface area (Å²) in [5.41, 5.74) is 2.96. The molecule has 0 bridgehead atoms. The normalized spacial score (nSPS) is 10.4. The summed E-state index contributed by atoms with van der Waals surface area (Å²) in [7, 11) is 1.39. The number of ether oxygens (including phenoxy) is 3. The van der Waals surface area contributed by atoms with Gasteiger partial charge in [0.2, 0.25) is 0 Å². The van der Waals surface area contributed by atoms with Crippen LogP contribution in [0.15, 0.2) is 72.8 Å². The molecule has 144 valence electrons. The lowest BCUT2D eigenvalue weighted by atomic mass is 10.1. The Labute approximate surface area is 178 Å². The first-order chi connectivity index (χ1) is 13.7. The van der Waals surface area contributed by atoms with Crippen molar-refractivity contribution in [3.63, 3.8) is 0 Å². The summed E-state index contributed by atoms with van der Waals surface area (Å²) in [5, 5.41) is 0. The molecular formula is C23H21IO4. The van der Waals surface area contributed by atoms with Crippen molar-refractivity contribution in [2.45, 2.75) is 19.6 Å². The Balaban J connectivity index is 1.81. The minimum Gasteiger partial charge on any atom is -0.489 e. The molecule has 0 aromatic heterocycles. The van der Waals surface area contributed by atoms with E-state index in [1.165, 1.54) is 7.11 Å². The molecule has 3 rings (SSSR count). The van der Waals surface area contributed by atoms with Crippen LogP contribution in [-0.2, 0) is 29.2 Å². The molecule has 0 saturated carbocycles. The van der Waals surface area contributed by atoms with Gasteiger partial charge in [-0.05, 0) is 45.3 Å². The standard InChI is InChI=1S/C23H21IO4/c1-26-22(25)13-19-12-20(27-15-17-8-4-2-5-9-17)14-21(23(19)24)28-16-18-10-6-3-7-11-18/h2-12,14H,13,15-16H2,1H3. The SMILES string of the molecule is COC(=O)Cc1cc(OCc2ccccc2)cc(OCc2ccccc2)c1I. The van der Waals surface area contributed by atoms with Crippen molar-refractivity contribution in [1.29, 1.82) is 0 Å². The van der Waals surface area contributed by atoms with Crippen molar-refractivity contribution in [1.82, 2.24) is 0 Å². The first kappa shape index (κ1) is 20.2. The van der Waals surface area contributed by atoms with Crippen LogP contribution in [0.4, 0.5) is 0 Å². The fourth-order valence-electron chi connectivity index (χ4n) is 2.65. The van der Waals surface area contributed by atoms with Crippen LogP contribution in [0.2, 0.25) is 0 Å². The maximum atomic E-state index is 11.8. The molecule has 4 nitrogen and oxygen atoms in total. The average molecular weight is 488 g/mol. The lowest BCUT2D eigenvalue weighted by Gasteiger charge is -2.15. The van der Waals surface area contributed by atoms with Gasteiger partial charge in [-0.25, -0.2) is 0 Å². The van der Waals surface area contributed by atoms with E-state index in [4.69, 9.17) is 14.2 Å². The zero-order valence-corrected chi connectivity index (χ0v) is 17.7. The van der Waals surface area contributed by atoms with Crippen molar-refractivity contribution in [3.05, 3.63) is 93.1 Å². The summed E-state index contributed by atoms with van der Waals surface area (Å²) in [5.74, 6) is 1.05. The predicted octanol–water partition coefficient (Wildman–Crippen LogP) is 5.16. The van der Waals surface area contributed by atoms with Crippen molar-refractivity contribution in [2.75, 3.05) is 7.11 Å². The number of benzene rings is 3. The largest absolute Gasteiger partial charge is 0.489 e. The second-order valence-electron chi connectivity index (χ2n) is 6.20. The van der Waals surface area contributed by atoms with Gasteiger partial charge in [0.05, 0.1) is 17.1 Å². The molecule has 0 fully saturated rings. The Morgan fingerprint density at radius 1 is 0.857 bits per heavy atom. The van der Waals surface area contributed by atoms with E-state index in [-0.39, 0.29) is 12.4 Å². The van der Waals surface area contributed by atoms with E-state index in [1.807, 2.05) is 72.8 Å². The fourth-order valence-corrected chi connectivity index (χ4v) is 3.31. The van der Waals surface area contributed by atoms with Crippen LogP contribution in [0.3, 0.4) is 0 Å². The molecule has 0 heterocycles. The first-order valence-electron chi connectivity index (χ1n) is 8.88. The molecule has 0 atom stereocenters. The van der Waals surface area contributed by atoms with Gasteiger partial charge in [-0.1, -0.05) is 60.7 Å². The number of carbonyl (C=O) groups excluding carboxylic acids is 1. The van der Waals surface area contributed by atoms with E-state index in [1.54, 1.807) is 0 Å². The molecule has 28 heavy (non-hydrogen) atoms. The van der Waals surface area contributed by atoms with Gasteiger partial charge in [0.25, 0.3) is 0 Å². The Bertz CT molecular complexity index is 911. The first-order valence-corrected chi connectivity index (χ1v) is 9.96. The smallest absolute Gasteiger partial charge is 0.310 e. The molecule has 0 aliphatic rings. The van der Waals surface area contributed by atoms with Crippen molar-refractivity contribution in [3.8, 4) is 11.5 Å². The fraction of sp³-hybridized carbons (Fsp3) is 0.174. The van der Waals surface area contributed by atoms with Gasteiger partial charge in [0.15, 0.2) is 0 Å². The summed E-state index contributed by atoms with van der Waals surface area (Å²) < 4.78 is 17.7. The van der Waals surface area contributed by atoms with Crippen molar-refractivity contribution >= 4 is 28.6 Å². The van der Waals surface area contributed by atoms with Crippen molar-refractivity contribution < 1.29 is 19.0 Å². The van der Waals surface area contributed by atoms with Crippen molar-refractivity contribution in [2.24, 2.45) is 0 Å². The monoisotopic (exact) mass is 488 g/mol. The van der Waals surface area contributed by atoms with E-state index in [2.05, 4.69) is 22.6 Å². The Morgan fingerprint density at radius 3 is 2.00 bits per heavy atom. The summed E-state index contributed by atoms with van der Waals surface area (Å²) in [6.07, 6.45) is 0.166. The zero-order chi connectivity index (χ0) is 19.8. The minimum atomic E-state index is -0.299. The highest BCUT2D eigenvalue weighted by Crippen LogP contribution is 2.32. The molecule has 0 spiro atoms. The Kier molecular flexibility index (Phi) is 7.31. The van der Waals surface area contributed by atoms with Crippen LogP contribution in [0.25, 0.3) is 0 Å². The van der Waals surface area contributed by atoms with E-state index in [0.29, 0.717) is 24.7 Å². The van der Waals surface area contributed by atoms with Gasteiger partial charge in [-0.3, -0.25) is 4.79 Å². The van der Waals surface area contributed by atoms with Crippen LogP contribution in [0, 0.1) is 3.57 Å². The third kappa shape index (κ3) is 5.73. The molecule has 0 aliphatic carbocycles. The molecular weight excluding hydrogens is 467 g/mol. The maximum absolute atomic E-state index is 11.8. The number of rotatable bonds is 8. The second kappa shape index (κ2) is 10.1. The molecule has 0 unspecified atom stereocenters. The molecule has 0 saturated heterocycles. The summed E-state index contributed by atoms with van der Waals surface area (Å²) in [4.78, 5) is 11.8. The Hall–Kier alpha value is -2.54. The van der Waals surface area contributed by atoms with Gasteiger partial charge in [0, 0.05) is 6.07 Å². The Morgan fingerprint density at radius 2 is 1.43 bits per heavy atom. The summed E-state index contributed by atoms with van der Waals surface area (Å²) in [6, 6.07) is 23.6. The third-order valence-corrected chi connectivity index (χ3v) is 5.36. The number of hydrogen-bond acceptors (Lipinski definition) is 4. The number of halogens is 1. The maximum Gasteiger partial charge on any atom is 0.310 e. The lowest BCUT2D eigenvalue weighted by molar-refractivity contribution is -0.139. The summed E-state index contributed by atoms with van der Waals surface area (Å²) in [6.45, 7) is 0.883. The molecule has 3 aromatic rings. The quantitative estimate of drug-likeness (QED) is 0.325. The van der Waals surface area contributed by atoms with E-state index in [0.717, 1.165) is 20.3 Å². The highest BCUT2D eigenvalue weighted by atomic mass is 127. The van der Waals surface area contributed by atoms with Crippen LogP contribution in [-0.4, -0.2) is 13.1 Å². The van der Waals surface area contributed by atoms with Crippen LogP contribution in [0.1, 0.15) is 16.7 Å². The van der Waals surface area contributed by atoms with Gasteiger partial charge in [-0.15, -0.1) is 0 Å². The highest BCUT2D eigenvalue weighted by molar-refractivity contribution is 14.1. The van der Waals surface area contributed by atoms with Gasteiger partial charge in [-0.2, -0.15) is 0 Å². The number of carbonyl (C=O) groups is 1. The number of methoxy groups -OCH3 is 1. The lowest BCUT2D eigenvalue weighted by Crippen LogP contribution is -2.08. The van der Waals surface area contributed by atoms with E-state index < -0.39 is 0 Å². The minimum absolute atomic E-state index is 0.166. The van der Waals surface area contributed by atoms with Crippen LogP contribution in [0.5, 0.6) is 11.5 Å². The molecule has 3 aromatic carbocycles. The molecule has 0 radical (unpaired) electrons. The highest BCUT2D eigenvalue weighted by Gasteiger charge is 2.15. The van der Waals surface area contributed by atoms with Gasteiger partial charge < -0.3 is 14.2 Å². The molecule has 5 heteroatoms. The van der Waals surface area contributed by atoms with Gasteiger partial charge in [0.1, 0.15) is 24.7 Å². The zero-order valence-electron chi connectivity index (χ0n) is 15.6. The van der Waals surface area contributed by atoms with Crippen LogP contribution < -0.4 is 9.47 Å². The predicted molar refractivity (Wildman–Crippen MR) is 116 cm³/mol. The third-order valence-electron chi connectivity index (χ3n) is 4.14. The molecule has 0 N–H and O–H groups in total. The second-order valence-corrected chi connectivity index (χ2v) is 7.27. The van der Waals surface area contributed by atoms with E-state index >= 15 is 0 Å². The number of esters is 1. The average Bonchev–Trinajstić information content (AvgIpc) is 2.74. The van der Waals surface area contributed by atoms with Crippen LogP contribution >= 0.6 is 22.6 Å².